The third-order valence-corrected chi connectivity index (χ3v) is 4.50. The maximum atomic E-state index is 11.8. The molecule has 1 saturated heterocycles. The molecule has 1 N–H and O–H groups in total. The molecule has 1 aromatic heterocycles. The molecule has 110 valence electrons. The zero-order valence-electron chi connectivity index (χ0n) is 10.9. The molecule has 20 heavy (non-hydrogen) atoms. The summed E-state index contributed by atoms with van der Waals surface area (Å²) in [7, 11) is 0. The van der Waals surface area contributed by atoms with Crippen molar-refractivity contribution in [3.8, 4) is 0 Å². The lowest BCUT2D eigenvalue weighted by atomic mass is 10.1. The number of anilines is 1. The number of nitrogens with zero attached hydrogens (tertiary/aromatic N) is 1. The van der Waals surface area contributed by atoms with E-state index in [1.807, 2.05) is 0 Å². The second-order valence-corrected chi connectivity index (χ2v) is 6.36. The number of rotatable bonds is 5. The second-order valence-electron chi connectivity index (χ2n) is 4.54. The van der Waals surface area contributed by atoms with Crippen LogP contribution in [0.25, 0.3) is 0 Å². The molecule has 1 unspecified atom stereocenters. The topological polar surface area (TPSA) is 51.2 Å². The molecule has 4 nitrogen and oxygen atoms in total. The molecule has 0 aromatic carbocycles. The first-order chi connectivity index (χ1) is 9.65. The van der Waals surface area contributed by atoms with Gasteiger partial charge in [0.15, 0.2) is 0 Å². The van der Waals surface area contributed by atoms with E-state index in [0.717, 1.165) is 25.2 Å². The maximum Gasteiger partial charge on any atom is 0.234 e. The van der Waals surface area contributed by atoms with E-state index in [1.54, 1.807) is 11.8 Å². The van der Waals surface area contributed by atoms with Crippen LogP contribution in [0.2, 0.25) is 10.2 Å². The smallest absolute Gasteiger partial charge is 0.234 e. The van der Waals surface area contributed by atoms with Gasteiger partial charge >= 0.3 is 0 Å². The van der Waals surface area contributed by atoms with Gasteiger partial charge in [0.05, 0.1) is 28.8 Å². The van der Waals surface area contributed by atoms with Gasteiger partial charge in [-0.15, -0.1) is 11.8 Å². The average Bonchev–Trinajstić information content (AvgIpc) is 2.43. The largest absolute Gasteiger partial charge is 0.377 e. The van der Waals surface area contributed by atoms with Crippen molar-refractivity contribution in [3.05, 3.63) is 22.4 Å². The van der Waals surface area contributed by atoms with Gasteiger partial charge in [-0.05, 0) is 25.3 Å². The summed E-state index contributed by atoms with van der Waals surface area (Å²) in [5.74, 6) is 1.12. The molecule has 0 saturated carbocycles. The van der Waals surface area contributed by atoms with Crippen LogP contribution in [0, 0.1) is 0 Å². The van der Waals surface area contributed by atoms with E-state index in [4.69, 9.17) is 27.9 Å². The standard InChI is InChI=1S/C13H16Cl2N2O2S/c14-10-5-12(15)16-6-11(10)17-13(18)8-20-7-9-3-1-2-4-19-9/h5-6,9H,1-4,7-8H2,(H,17,18). The van der Waals surface area contributed by atoms with Crippen molar-refractivity contribution in [2.24, 2.45) is 0 Å². The molecule has 2 rings (SSSR count). The van der Waals surface area contributed by atoms with Gasteiger partial charge in [0.1, 0.15) is 5.15 Å². The Morgan fingerprint density at radius 1 is 1.50 bits per heavy atom. The summed E-state index contributed by atoms with van der Waals surface area (Å²) in [6.45, 7) is 0.837. The number of halogens is 2. The Morgan fingerprint density at radius 3 is 3.05 bits per heavy atom. The molecule has 2 heterocycles. The average molecular weight is 335 g/mol. The van der Waals surface area contributed by atoms with Crippen LogP contribution in [0.5, 0.6) is 0 Å². The van der Waals surface area contributed by atoms with E-state index in [0.29, 0.717) is 21.6 Å². The van der Waals surface area contributed by atoms with Crippen LogP contribution < -0.4 is 5.32 Å². The second kappa shape index (κ2) is 8.08. The van der Waals surface area contributed by atoms with E-state index in [1.165, 1.54) is 18.7 Å². The number of nitrogens with one attached hydrogen (secondary N) is 1. The van der Waals surface area contributed by atoms with Crippen LogP contribution in [0.4, 0.5) is 5.69 Å². The summed E-state index contributed by atoms with van der Waals surface area (Å²) in [6.07, 6.45) is 5.18. The van der Waals surface area contributed by atoms with E-state index in [-0.39, 0.29) is 12.0 Å². The first-order valence-electron chi connectivity index (χ1n) is 6.45. The molecule has 1 aromatic rings. The highest BCUT2D eigenvalue weighted by Crippen LogP contribution is 2.23. The van der Waals surface area contributed by atoms with Gasteiger partial charge in [0.25, 0.3) is 0 Å². The summed E-state index contributed by atoms with van der Waals surface area (Å²) in [6, 6.07) is 1.50. The Balaban J connectivity index is 1.72. The molecule has 0 bridgehead atoms. The minimum absolute atomic E-state index is 0.100. The summed E-state index contributed by atoms with van der Waals surface area (Å²) >= 11 is 13.2. The molecule has 1 fully saturated rings. The monoisotopic (exact) mass is 334 g/mol. The number of hydrogen-bond donors (Lipinski definition) is 1. The number of amides is 1. The lowest BCUT2D eigenvalue weighted by Gasteiger charge is -2.21. The first kappa shape index (κ1) is 15.9. The molecular formula is C13H16Cl2N2O2S. The van der Waals surface area contributed by atoms with Crippen LogP contribution in [0.1, 0.15) is 19.3 Å². The molecule has 0 aliphatic carbocycles. The van der Waals surface area contributed by atoms with E-state index in [2.05, 4.69) is 10.3 Å². The zero-order valence-corrected chi connectivity index (χ0v) is 13.2. The van der Waals surface area contributed by atoms with Crippen molar-refractivity contribution < 1.29 is 9.53 Å². The Bertz CT molecular complexity index is 468. The van der Waals surface area contributed by atoms with E-state index < -0.39 is 0 Å². The van der Waals surface area contributed by atoms with Crippen molar-refractivity contribution in [3.63, 3.8) is 0 Å². The van der Waals surface area contributed by atoms with Crippen LogP contribution in [0.15, 0.2) is 12.3 Å². The summed E-state index contributed by atoms with van der Waals surface area (Å²) in [5.41, 5.74) is 0.482. The van der Waals surface area contributed by atoms with Crippen molar-refractivity contribution in [1.82, 2.24) is 4.98 Å². The minimum Gasteiger partial charge on any atom is -0.377 e. The number of carbonyl (C=O) groups is 1. The summed E-state index contributed by atoms with van der Waals surface area (Å²) < 4.78 is 5.61. The van der Waals surface area contributed by atoms with Crippen LogP contribution in [-0.4, -0.2) is 35.1 Å². The third-order valence-electron chi connectivity index (χ3n) is 2.91. The zero-order chi connectivity index (χ0) is 14.4. The van der Waals surface area contributed by atoms with Crippen molar-refractivity contribution in [2.75, 3.05) is 23.4 Å². The third kappa shape index (κ3) is 5.13. The normalized spacial score (nSPS) is 18.8. The highest BCUT2D eigenvalue weighted by Gasteiger charge is 2.14. The number of carbonyl (C=O) groups excluding carboxylic acids is 1. The Morgan fingerprint density at radius 2 is 2.35 bits per heavy atom. The lowest BCUT2D eigenvalue weighted by Crippen LogP contribution is -2.23. The molecule has 1 aliphatic rings. The minimum atomic E-state index is -0.100. The maximum absolute atomic E-state index is 11.8. The molecule has 0 radical (unpaired) electrons. The van der Waals surface area contributed by atoms with Crippen LogP contribution in [-0.2, 0) is 9.53 Å². The van der Waals surface area contributed by atoms with Gasteiger partial charge in [-0.2, -0.15) is 0 Å². The van der Waals surface area contributed by atoms with E-state index in [9.17, 15) is 4.79 Å². The molecular weight excluding hydrogens is 319 g/mol. The van der Waals surface area contributed by atoms with Crippen LogP contribution >= 0.6 is 35.0 Å². The molecule has 1 atom stereocenters. The summed E-state index contributed by atoms with van der Waals surface area (Å²) in [5, 5.41) is 3.41. The van der Waals surface area contributed by atoms with Crippen molar-refractivity contribution in [2.45, 2.75) is 25.4 Å². The predicted octanol–water partition coefficient (Wildman–Crippen LogP) is 3.63. The quantitative estimate of drug-likeness (QED) is 0.835. The van der Waals surface area contributed by atoms with Gasteiger partial charge in [-0.25, -0.2) is 4.98 Å². The number of ether oxygens (including phenoxy) is 1. The fourth-order valence-electron chi connectivity index (χ4n) is 1.91. The number of aromatic nitrogens is 1. The Hall–Kier alpha value is -0.490. The molecule has 7 heteroatoms. The number of pyridine rings is 1. The Labute approximate surface area is 132 Å². The highest BCUT2D eigenvalue weighted by atomic mass is 35.5. The van der Waals surface area contributed by atoms with Crippen molar-refractivity contribution in [1.29, 1.82) is 0 Å². The SMILES string of the molecule is O=C(CSCC1CCCCO1)Nc1cnc(Cl)cc1Cl. The molecule has 0 spiro atoms. The van der Waals surface area contributed by atoms with E-state index >= 15 is 0 Å². The predicted molar refractivity (Wildman–Crippen MR) is 83.8 cm³/mol. The van der Waals surface area contributed by atoms with Crippen molar-refractivity contribution >= 4 is 46.6 Å². The first-order valence-corrected chi connectivity index (χ1v) is 8.36. The summed E-state index contributed by atoms with van der Waals surface area (Å²) in [4.78, 5) is 15.7. The highest BCUT2D eigenvalue weighted by molar-refractivity contribution is 8.00. The lowest BCUT2D eigenvalue weighted by molar-refractivity contribution is -0.113. The van der Waals surface area contributed by atoms with Gasteiger partial charge in [0.2, 0.25) is 5.91 Å². The number of hydrogen-bond acceptors (Lipinski definition) is 4. The fourth-order valence-corrected chi connectivity index (χ4v) is 3.22. The van der Waals surface area contributed by atoms with Gasteiger partial charge in [-0.3, -0.25) is 4.79 Å². The van der Waals surface area contributed by atoms with Crippen LogP contribution in [0.3, 0.4) is 0 Å². The fraction of sp³-hybridized carbons (Fsp3) is 0.538. The van der Waals surface area contributed by atoms with Gasteiger partial charge in [-0.1, -0.05) is 23.2 Å². The van der Waals surface area contributed by atoms with Gasteiger partial charge in [0, 0.05) is 12.4 Å². The number of thioether (sulfide) groups is 1. The Kier molecular flexibility index (Phi) is 6.42. The molecule has 1 aliphatic heterocycles. The molecule has 1 amide bonds. The van der Waals surface area contributed by atoms with Gasteiger partial charge < -0.3 is 10.1 Å².